The van der Waals surface area contributed by atoms with Crippen LogP contribution in [0, 0.1) is 5.41 Å². The molecule has 1 heterocycles. The maximum absolute atomic E-state index is 10.8. The second kappa shape index (κ2) is 1.95. The van der Waals surface area contributed by atoms with Crippen molar-refractivity contribution in [1.82, 2.24) is 0 Å². The molecule has 4 heteroatoms. The minimum Gasteiger partial charge on any atom is -0.481 e. The highest BCUT2D eigenvalue weighted by molar-refractivity contribution is 5.76. The van der Waals surface area contributed by atoms with Gasteiger partial charge in [-0.3, -0.25) is 4.79 Å². The predicted octanol–water partition coefficient (Wildman–Crippen LogP) is -0.423. The van der Waals surface area contributed by atoms with Crippen LogP contribution in [0.3, 0.4) is 0 Å². The van der Waals surface area contributed by atoms with Gasteiger partial charge in [-0.05, 0) is 12.8 Å². The molecular weight excluding hydrogens is 146 g/mol. The number of nitrogens with two attached hydrogens (primary N) is 1. The van der Waals surface area contributed by atoms with Crippen molar-refractivity contribution >= 4 is 5.97 Å². The third-order valence-corrected chi connectivity index (χ3v) is 2.72. The van der Waals surface area contributed by atoms with Crippen LogP contribution >= 0.6 is 0 Å². The Morgan fingerprint density at radius 3 is 2.64 bits per heavy atom. The Labute approximate surface area is 64.3 Å². The highest BCUT2D eigenvalue weighted by Gasteiger charge is 2.55. The molecule has 2 rings (SSSR count). The molecule has 0 spiro atoms. The Kier molecular flexibility index (Phi) is 1.25. The molecule has 1 aliphatic carbocycles. The molecule has 2 bridgehead atoms. The van der Waals surface area contributed by atoms with Gasteiger partial charge in [0.05, 0.1) is 18.1 Å². The summed E-state index contributed by atoms with van der Waals surface area (Å²) in [5.74, 6) is -0.757. The van der Waals surface area contributed by atoms with E-state index < -0.39 is 11.4 Å². The molecule has 0 radical (unpaired) electrons. The van der Waals surface area contributed by atoms with Gasteiger partial charge in [0.1, 0.15) is 0 Å². The summed E-state index contributed by atoms with van der Waals surface area (Å²) in [6.45, 7) is 0.348. The Morgan fingerprint density at radius 1 is 1.64 bits per heavy atom. The van der Waals surface area contributed by atoms with E-state index in [9.17, 15) is 4.79 Å². The fraction of sp³-hybridized carbons (Fsp3) is 0.857. The van der Waals surface area contributed by atoms with Gasteiger partial charge in [0.15, 0.2) is 0 Å². The standard InChI is InChI=1S/C7H11NO3/c8-4-1-7(6(9)10)2-5(4)11-3-7/h4-5H,1-3,8H2,(H,9,10). The number of carbonyl (C=O) groups is 1. The van der Waals surface area contributed by atoms with Crippen LogP contribution in [0.1, 0.15) is 12.8 Å². The fourth-order valence-corrected chi connectivity index (χ4v) is 2.01. The zero-order valence-electron chi connectivity index (χ0n) is 6.12. The first-order valence-corrected chi connectivity index (χ1v) is 3.75. The highest BCUT2D eigenvalue weighted by Crippen LogP contribution is 2.45. The molecule has 1 aliphatic heterocycles. The molecule has 62 valence electrons. The predicted molar refractivity (Wildman–Crippen MR) is 37.0 cm³/mol. The van der Waals surface area contributed by atoms with E-state index in [2.05, 4.69) is 0 Å². The summed E-state index contributed by atoms with van der Waals surface area (Å²) in [6, 6.07) is -0.0696. The topological polar surface area (TPSA) is 72.6 Å². The van der Waals surface area contributed by atoms with Crippen LogP contribution in [0.15, 0.2) is 0 Å². The average Bonchev–Trinajstić information content (AvgIpc) is 2.44. The van der Waals surface area contributed by atoms with E-state index >= 15 is 0 Å². The molecule has 1 saturated carbocycles. The zero-order valence-corrected chi connectivity index (χ0v) is 6.12. The average molecular weight is 157 g/mol. The van der Waals surface area contributed by atoms with Gasteiger partial charge in [-0.1, -0.05) is 0 Å². The van der Waals surface area contributed by atoms with Gasteiger partial charge >= 0.3 is 5.97 Å². The van der Waals surface area contributed by atoms with Crippen molar-refractivity contribution in [2.45, 2.75) is 25.0 Å². The lowest BCUT2D eigenvalue weighted by molar-refractivity contribution is -0.150. The van der Waals surface area contributed by atoms with E-state index in [0.29, 0.717) is 19.4 Å². The molecule has 2 fully saturated rings. The Balaban J connectivity index is 2.23. The van der Waals surface area contributed by atoms with Crippen LogP contribution in [0.25, 0.3) is 0 Å². The minimum atomic E-state index is -0.757. The number of carboxylic acid groups (broad SMARTS) is 1. The lowest BCUT2D eigenvalue weighted by Gasteiger charge is -2.23. The number of carboxylic acids is 1. The van der Waals surface area contributed by atoms with E-state index in [4.69, 9.17) is 15.6 Å². The number of rotatable bonds is 1. The van der Waals surface area contributed by atoms with Gasteiger partial charge in [-0.15, -0.1) is 0 Å². The van der Waals surface area contributed by atoms with Crippen LogP contribution in [0.5, 0.6) is 0 Å². The van der Waals surface area contributed by atoms with Crippen molar-refractivity contribution in [3.8, 4) is 0 Å². The largest absolute Gasteiger partial charge is 0.481 e. The van der Waals surface area contributed by atoms with Gasteiger partial charge in [0.2, 0.25) is 0 Å². The van der Waals surface area contributed by atoms with E-state index in [1.807, 2.05) is 0 Å². The Bertz CT molecular complexity index is 202. The minimum absolute atomic E-state index is 0.00824. The summed E-state index contributed by atoms with van der Waals surface area (Å²) in [5, 5.41) is 8.87. The van der Waals surface area contributed by atoms with Gasteiger partial charge in [-0.2, -0.15) is 0 Å². The summed E-state index contributed by atoms with van der Waals surface area (Å²) in [4.78, 5) is 10.8. The number of ether oxygens (including phenoxy) is 1. The molecule has 11 heavy (non-hydrogen) atoms. The van der Waals surface area contributed by atoms with Crippen molar-refractivity contribution in [3.63, 3.8) is 0 Å². The number of aliphatic carboxylic acids is 1. The monoisotopic (exact) mass is 157 g/mol. The molecule has 1 saturated heterocycles. The third kappa shape index (κ3) is 0.795. The molecule has 0 aromatic heterocycles. The Hall–Kier alpha value is -0.610. The molecule has 0 amide bonds. The first-order chi connectivity index (χ1) is 5.14. The van der Waals surface area contributed by atoms with Gasteiger partial charge < -0.3 is 15.6 Å². The van der Waals surface area contributed by atoms with Crippen LogP contribution < -0.4 is 5.73 Å². The number of fused-ring (bicyclic) bond motifs is 2. The maximum Gasteiger partial charge on any atom is 0.312 e. The number of hydrogen-bond donors (Lipinski definition) is 2. The van der Waals surface area contributed by atoms with E-state index in [1.54, 1.807) is 0 Å². The lowest BCUT2D eigenvalue weighted by Crippen LogP contribution is -2.39. The van der Waals surface area contributed by atoms with E-state index in [1.165, 1.54) is 0 Å². The number of hydrogen-bond acceptors (Lipinski definition) is 3. The molecule has 3 N–H and O–H groups in total. The summed E-state index contributed by atoms with van der Waals surface area (Å²) in [7, 11) is 0. The van der Waals surface area contributed by atoms with Crippen LogP contribution in [0.4, 0.5) is 0 Å². The molecule has 2 aliphatic rings. The van der Waals surface area contributed by atoms with Gasteiger partial charge in [0, 0.05) is 6.04 Å². The van der Waals surface area contributed by atoms with Crippen molar-refractivity contribution < 1.29 is 14.6 Å². The fourth-order valence-electron chi connectivity index (χ4n) is 2.01. The molecular formula is C7H11NO3. The third-order valence-electron chi connectivity index (χ3n) is 2.72. The molecule has 3 atom stereocenters. The Morgan fingerprint density at radius 2 is 2.36 bits per heavy atom. The van der Waals surface area contributed by atoms with Crippen molar-refractivity contribution in [2.75, 3.05) is 6.61 Å². The first-order valence-electron chi connectivity index (χ1n) is 3.75. The quantitative estimate of drug-likeness (QED) is 0.542. The normalized spacial score (nSPS) is 48.1. The first kappa shape index (κ1) is 7.06. The van der Waals surface area contributed by atoms with Crippen molar-refractivity contribution in [3.05, 3.63) is 0 Å². The molecule has 0 aromatic carbocycles. The smallest absolute Gasteiger partial charge is 0.312 e. The summed E-state index contributed by atoms with van der Waals surface area (Å²) >= 11 is 0. The van der Waals surface area contributed by atoms with Gasteiger partial charge in [0.25, 0.3) is 0 Å². The highest BCUT2D eigenvalue weighted by atomic mass is 16.5. The second-order valence-electron chi connectivity index (χ2n) is 3.51. The van der Waals surface area contributed by atoms with Crippen LogP contribution in [-0.2, 0) is 9.53 Å². The van der Waals surface area contributed by atoms with E-state index in [0.717, 1.165) is 0 Å². The maximum atomic E-state index is 10.8. The summed E-state index contributed by atoms with van der Waals surface area (Å²) in [5.41, 5.74) is 5.01. The van der Waals surface area contributed by atoms with Crippen molar-refractivity contribution in [1.29, 1.82) is 0 Å². The molecule has 3 unspecified atom stereocenters. The van der Waals surface area contributed by atoms with Gasteiger partial charge in [-0.25, -0.2) is 0 Å². The molecule has 4 nitrogen and oxygen atoms in total. The van der Waals surface area contributed by atoms with Crippen molar-refractivity contribution in [2.24, 2.45) is 11.1 Å². The van der Waals surface area contributed by atoms with E-state index in [-0.39, 0.29) is 12.1 Å². The van der Waals surface area contributed by atoms with Crippen LogP contribution in [0.2, 0.25) is 0 Å². The summed E-state index contributed by atoms with van der Waals surface area (Å²) in [6.07, 6.45) is 1.17. The summed E-state index contributed by atoms with van der Waals surface area (Å²) < 4.78 is 5.22. The molecule has 0 aromatic rings. The van der Waals surface area contributed by atoms with Crippen LogP contribution in [-0.4, -0.2) is 29.8 Å². The lowest BCUT2D eigenvalue weighted by atomic mass is 9.88. The zero-order chi connectivity index (χ0) is 8.06. The SMILES string of the molecule is NC1CC2(C(=O)O)COC1C2. The second-order valence-corrected chi connectivity index (χ2v) is 3.51.